The summed E-state index contributed by atoms with van der Waals surface area (Å²) < 4.78 is 20.0. The molecule has 0 spiro atoms. The maximum atomic E-state index is 14.1. The van der Waals surface area contributed by atoms with Gasteiger partial charge in [-0.2, -0.15) is 0 Å². The minimum atomic E-state index is -0.491. The van der Waals surface area contributed by atoms with Crippen LogP contribution in [0.15, 0.2) is 66.4 Å². The Morgan fingerprint density at radius 2 is 1.74 bits per heavy atom. The van der Waals surface area contributed by atoms with Crippen LogP contribution < -0.4 is 9.64 Å². The third kappa shape index (κ3) is 4.45. The number of hydrogen-bond acceptors (Lipinski definition) is 7. The first kappa shape index (κ1) is 22.5. The van der Waals surface area contributed by atoms with E-state index in [-0.39, 0.29) is 28.8 Å². The summed E-state index contributed by atoms with van der Waals surface area (Å²) in [6.07, 6.45) is 1.53. The van der Waals surface area contributed by atoms with Crippen LogP contribution in [-0.4, -0.2) is 46.9 Å². The molecule has 1 N–H and O–H groups in total. The molecule has 35 heavy (non-hydrogen) atoms. The van der Waals surface area contributed by atoms with E-state index in [1.165, 1.54) is 48.5 Å². The van der Waals surface area contributed by atoms with Crippen LogP contribution in [0.4, 0.5) is 15.8 Å². The van der Waals surface area contributed by atoms with Crippen LogP contribution >= 0.6 is 0 Å². The second-order valence-corrected chi connectivity index (χ2v) is 8.44. The zero-order valence-corrected chi connectivity index (χ0v) is 18.7. The Morgan fingerprint density at radius 3 is 2.43 bits per heavy atom. The van der Waals surface area contributed by atoms with Crippen LogP contribution in [0.25, 0.3) is 6.08 Å². The molecule has 2 aliphatic rings. The molecule has 1 fully saturated rings. The summed E-state index contributed by atoms with van der Waals surface area (Å²) in [5.41, 5.74) is 1.99. The van der Waals surface area contributed by atoms with E-state index in [1.54, 1.807) is 12.1 Å². The maximum Gasteiger partial charge on any atom is 0.269 e. The second kappa shape index (κ2) is 9.19. The van der Waals surface area contributed by atoms with E-state index in [2.05, 4.69) is 4.90 Å². The van der Waals surface area contributed by atoms with Gasteiger partial charge in [0.25, 0.3) is 5.69 Å². The zero-order chi connectivity index (χ0) is 24.5. The number of aromatic hydroxyl groups is 1. The molecule has 5 rings (SSSR count). The summed E-state index contributed by atoms with van der Waals surface area (Å²) >= 11 is 0. The molecule has 0 aromatic heterocycles. The number of carbonyl (C=O) groups excluding carboxylic acids is 1. The number of halogens is 1. The number of para-hydroxylation sites is 1. The molecule has 3 aromatic carbocycles. The number of phenolic OH excluding ortho intramolecular Hbond substituents is 1. The molecule has 0 unspecified atom stereocenters. The van der Waals surface area contributed by atoms with Crippen molar-refractivity contribution in [1.29, 1.82) is 0 Å². The Bertz CT molecular complexity index is 1330. The van der Waals surface area contributed by atoms with Crippen LogP contribution in [0.1, 0.15) is 21.5 Å². The predicted molar refractivity (Wildman–Crippen MR) is 128 cm³/mol. The number of ether oxygens (including phenoxy) is 1. The molecule has 0 aliphatic carbocycles. The highest BCUT2D eigenvalue weighted by molar-refractivity contribution is 6.15. The van der Waals surface area contributed by atoms with Crippen molar-refractivity contribution in [2.75, 3.05) is 31.1 Å². The van der Waals surface area contributed by atoms with Crippen molar-refractivity contribution in [1.82, 2.24) is 4.90 Å². The molecule has 9 heteroatoms. The highest BCUT2D eigenvalue weighted by Gasteiger charge is 2.32. The van der Waals surface area contributed by atoms with Crippen molar-refractivity contribution in [2.24, 2.45) is 0 Å². The molecule has 0 atom stereocenters. The van der Waals surface area contributed by atoms with Gasteiger partial charge < -0.3 is 14.7 Å². The third-order valence-corrected chi connectivity index (χ3v) is 6.27. The number of piperazine rings is 1. The predicted octanol–water partition coefficient (Wildman–Crippen LogP) is 4.38. The summed E-state index contributed by atoms with van der Waals surface area (Å²) in [6.45, 7) is 2.93. The Balaban J connectivity index is 1.32. The van der Waals surface area contributed by atoms with E-state index < -0.39 is 4.92 Å². The Hall–Kier alpha value is -4.24. The van der Waals surface area contributed by atoms with Gasteiger partial charge in [0.15, 0.2) is 5.76 Å². The molecular weight excluding hydrogens is 453 g/mol. The van der Waals surface area contributed by atoms with Crippen LogP contribution in [0, 0.1) is 15.9 Å². The number of carbonyl (C=O) groups is 1. The minimum Gasteiger partial charge on any atom is -0.507 e. The topological polar surface area (TPSA) is 96.1 Å². The number of benzene rings is 3. The van der Waals surface area contributed by atoms with E-state index in [4.69, 9.17) is 4.74 Å². The number of allylic oxidation sites excluding steroid dienone is 1. The molecule has 0 amide bonds. The first-order valence-electron chi connectivity index (χ1n) is 11.2. The normalized spacial score (nSPS) is 16.9. The van der Waals surface area contributed by atoms with E-state index >= 15 is 0 Å². The number of ketones is 1. The van der Waals surface area contributed by atoms with Gasteiger partial charge in [-0.1, -0.05) is 12.1 Å². The number of rotatable bonds is 5. The van der Waals surface area contributed by atoms with E-state index in [0.29, 0.717) is 60.9 Å². The number of hydrogen-bond donors (Lipinski definition) is 1. The molecule has 0 saturated carbocycles. The van der Waals surface area contributed by atoms with Crippen molar-refractivity contribution >= 4 is 23.2 Å². The number of fused-ring (bicyclic) bond motifs is 1. The van der Waals surface area contributed by atoms with Gasteiger partial charge in [0.1, 0.15) is 17.3 Å². The molecule has 8 nitrogen and oxygen atoms in total. The fraction of sp³-hybridized carbons (Fsp3) is 0.192. The van der Waals surface area contributed by atoms with Crippen LogP contribution in [-0.2, 0) is 6.54 Å². The van der Waals surface area contributed by atoms with Gasteiger partial charge in [0, 0.05) is 44.9 Å². The standard InChI is InChI=1S/C26H22FN3O5/c27-21-3-1-2-4-22(21)29-13-11-28(12-14-29)16-20-23(31)10-9-19-25(32)24(35-26(19)20)15-17-5-7-18(8-6-17)30(33)34/h1-10,15,31H,11-14,16H2/b24-15+. The van der Waals surface area contributed by atoms with E-state index in [1.807, 2.05) is 11.0 Å². The van der Waals surface area contributed by atoms with Crippen LogP contribution in [0.2, 0.25) is 0 Å². The van der Waals surface area contributed by atoms with Crippen LogP contribution in [0.5, 0.6) is 11.5 Å². The van der Waals surface area contributed by atoms with Crippen molar-refractivity contribution < 1.29 is 24.0 Å². The number of nitro groups is 1. The molecule has 3 aromatic rings. The quantitative estimate of drug-likeness (QED) is 0.332. The Morgan fingerprint density at radius 1 is 1.03 bits per heavy atom. The second-order valence-electron chi connectivity index (χ2n) is 8.44. The Kier molecular flexibility index (Phi) is 5.92. The van der Waals surface area contributed by atoms with Crippen LogP contribution in [0.3, 0.4) is 0 Å². The minimum absolute atomic E-state index is 0.0321. The lowest BCUT2D eigenvalue weighted by Crippen LogP contribution is -2.46. The fourth-order valence-corrected chi connectivity index (χ4v) is 4.37. The van der Waals surface area contributed by atoms with Crippen molar-refractivity contribution in [3.63, 3.8) is 0 Å². The fourth-order valence-electron chi connectivity index (χ4n) is 4.37. The van der Waals surface area contributed by atoms with Gasteiger partial charge in [-0.25, -0.2) is 4.39 Å². The van der Waals surface area contributed by atoms with Gasteiger partial charge in [0.05, 0.1) is 21.7 Å². The molecule has 2 heterocycles. The first-order chi connectivity index (χ1) is 16.9. The molecule has 0 radical (unpaired) electrons. The van der Waals surface area contributed by atoms with Gasteiger partial charge >= 0.3 is 0 Å². The number of Topliss-reactive ketones (excluding diaryl/α,β-unsaturated/α-hetero) is 1. The molecule has 0 bridgehead atoms. The van der Waals surface area contributed by atoms with Crippen molar-refractivity contribution in [2.45, 2.75) is 6.54 Å². The summed E-state index contributed by atoms with van der Waals surface area (Å²) in [6, 6.07) is 15.5. The number of nitro benzene ring substituents is 1. The lowest BCUT2D eigenvalue weighted by Gasteiger charge is -2.36. The average Bonchev–Trinajstić information content (AvgIpc) is 3.17. The number of anilines is 1. The molecule has 2 aliphatic heterocycles. The summed E-state index contributed by atoms with van der Waals surface area (Å²) in [4.78, 5) is 27.4. The lowest BCUT2D eigenvalue weighted by molar-refractivity contribution is -0.384. The van der Waals surface area contributed by atoms with E-state index in [9.17, 15) is 24.4 Å². The Labute approximate surface area is 200 Å². The highest BCUT2D eigenvalue weighted by atomic mass is 19.1. The van der Waals surface area contributed by atoms with Gasteiger partial charge in [0.2, 0.25) is 5.78 Å². The summed E-state index contributed by atoms with van der Waals surface area (Å²) in [5.74, 6) is -0.128. The summed E-state index contributed by atoms with van der Waals surface area (Å²) in [7, 11) is 0. The number of phenols is 1. The maximum absolute atomic E-state index is 14.1. The zero-order valence-electron chi connectivity index (χ0n) is 18.7. The summed E-state index contributed by atoms with van der Waals surface area (Å²) in [5, 5.41) is 21.4. The highest BCUT2D eigenvalue weighted by Crippen LogP contribution is 2.40. The average molecular weight is 475 g/mol. The SMILES string of the molecule is O=C1/C(=C\c2ccc([N+](=O)[O-])cc2)Oc2c1ccc(O)c2CN1CCN(c2ccccc2F)CC1. The largest absolute Gasteiger partial charge is 0.507 e. The van der Waals surface area contributed by atoms with Gasteiger partial charge in [-0.15, -0.1) is 0 Å². The molecule has 1 saturated heterocycles. The van der Waals surface area contributed by atoms with E-state index in [0.717, 1.165) is 0 Å². The smallest absolute Gasteiger partial charge is 0.269 e. The first-order valence-corrected chi connectivity index (χ1v) is 11.2. The van der Waals surface area contributed by atoms with Crippen molar-refractivity contribution in [3.8, 4) is 11.5 Å². The molecular formula is C26H22FN3O5. The number of non-ortho nitro benzene ring substituents is 1. The molecule has 178 valence electrons. The monoisotopic (exact) mass is 475 g/mol. The van der Waals surface area contributed by atoms with Crippen molar-refractivity contribution in [3.05, 3.63) is 99.0 Å². The van der Waals surface area contributed by atoms with Gasteiger partial charge in [-0.05, 0) is 48.0 Å². The number of nitrogens with zero attached hydrogens (tertiary/aromatic N) is 3. The lowest BCUT2D eigenvalue weighted by atomic mass is 10.0. The third-order valence-electron chi connectivity index (χ3n) is 6.27. The van der Waals surface area contributed by atoms with Gasteiger partial charge in [-0.3, -0.25) is 19.8 Å².